The molecule has 0 aliphatic carbocycles. The van der Waals surface area contributed by atoms with E-state index in [-0.39, 0.29) is 10.6 Å². The van der Waals surface area contributed by atoms with Crippen LogP contribution in [0, 0.1) is 0 Å². The Morgan fingerprint density at radius 2 is 1.90 bits per heavy atom. The van der Waals surface area contributed by atoms with Crippen LogP contribution in [0.15, 0.2) is 45.8 Å². The second kappa shape index (κ2) is 5.61. The summed E-state index contributed by atoms with van der Waals surface area (Å²) >= 11 is 9.28. The van der Waals surface area contributed by atoms with Gasteiger partial charge in [-0.15, -0.1) is 0 Å². The van der Waals surface area contributed by atoms with Gasteiger partial charge in [0.2, 0.25) is 10.0 Å². The number of primary sulfonamides is 1. The first-order chi connectivity index (χ1) is 9.29. The van der Waals surface area contributed by atoms with Crippen LogP contribution in [0.5, 0.6) is 0 Å². The number of hydrogen-bond donors (Lipinski definition) is 3. The number of anilines is 3. The van der Waals surface area contributed by atoms with E-state index in [0.717, 1.165) is 4.47 Å². The van der Waals surface area contributed by atoms with Crippen molar-refractivity contribution in [2.45, 2.75) is 4.90 Å². The number of benzene rings is 2. The van der Waals surface area contributed by atoms with Crippen LogP contribution in [0.25, 0.3) is 0 Å². The Balaban J connectivity index is 2.42. The molecule has 0 radical (unpaired) electrons. The SMILES string of the molecule is Nc1c(Nc2ccc(Br)c(Cl)c2)cccc1S(N)(=O)=O. The Morgan fingerprint density at radius 1 is 1.20 bits per heavy atom. The lowest BCUT2D eigenvalue weighted by atomic mass is 10.2. The van der Waals surface area contributed by atoms with E-state index >= 15 is 0 Å². The van der Waals surface area contributed by atoms with Gasteiger partial charge in [0.15, 0.2) is 0 Å². The van der Waals surface area contributed by atoms with Gasteiger partial charge in [0, 0.05) is 10.2 Å². The number of hydrogen-bond acceptors (Lipinski definition) is 4. The Bertz CT molecular complexity index is 765. The first-order valence-electron chi connectivity index (χ1n) is 5.42. The zero-order valence-corrected chi connectivity index (χ0v) is 13.3. The van der Waals surface area contributed by atoms with E-state index in [9.17, 15) is 8.42 Å². The van der Waals surface area contributed by atoms with Gasteiger partial charge in [-0.2, -0.15) is 0 Å². The molecule has 2 aromatic rings. The average molecular weight is 377 g/mol. The number of rotatable bonds is 3. The molecule has 106 valence electrons. The summed E-state index contributed by atoms with van der Waals surface area (Å²) in [4.78, 5) is -0.120. The number of nitrogens with two attached hydrogens (primary N) is 2. The van der Waals surface area contributed by atoms with Gasteiger partial charge in [0.1, 0.15) is 4.90 Å². The van der Waals surface area contributed by atoms with Crippen LogP contribution in [-0.2, 0) is 10.0 Å². The molecule has 0 amide bonds. The second-order valence-corrected chi connectivity index (χ2v) is 6.81. The van der Waals surface area contributed by atoms with Gasteiger partial charge in [-0.1, -0.05) is 17.7 Å². The van der Waals surface area contributed by atoms with E-state index in [1.165, 1.54) is 6.07 Å². The summed E-state index contributed by atoms with van der Waals surface area (Å²) in [6, 6.07) is 9.79. The van der Waals surface area contributed by atoms with Gasteiger partial charge in [-0.25, -0.2) is 13.6 Å². The summed E-state index contributed by atoms with van der Waals surface area (Å²) in [6.07, 6.45) is 0. The van der Waals surface area contributed by atoms with Crippen LogP contribution in [-0.4, -0.2) is 8.42 Å². The fraction of sp³-hybridized carbons (Fsp3) is 0. The lowest BCUT2D eigenvalue weighted by molar-refractivity contribution is 0.598. The number of nitrogen functional groups attached to an aromatic ring is 1. The summed E-state index contributed by atoms with van der Waals surface area (Å²) in [7, 11) is -3.86. The van der Waals surface area contributed by atoms with Crippen LogP contribution in [0.2, 0.25) is 5.02 Å². The van der Waals surface area contributed by atoms with E-state index < -0.39 is 10.0 Å². The third-order valence-electron chi connectivity index (χ3n) is 2.57. The van der Waals surface area contributed by atoms with E-state index in [1.54, 1.807) is 30.3 Å². The van der Waals surface area contributed by atoms with Crippen LogP contribution in [0.1, 0.15) is 0 Å². The predicted octanol–water partition coefficient (Wildman–Crippen LogP) is 3.08. The highest BCUT2D eigenvalue weighted by atomic mass is 79.9. The third-order valence-corrected chi connectivity index (χ3v) is 4.77. The molecule has 0 saturated carbocycles. The van der Waals surface area contributed by atoms with Gasteiger partial charge in [-0.3, -0.25) is 0 Å². The largest absolute Gasteiger partial charge is 0.396 e. The van der Waals surface area contributed by atoms with Gasteiger partial charge >= 0.3 is 0 Å². The Morgan fingerprint density at radius 3 is 2.50 bits per heavy atom. The van der Waals surface area contributed by atoms with E-state index in [2.05, 4.69) is 21.2 Å². The summed E-state index contributed by atoms with van der Waals surface area (Å²) in [5.41, 5.74) is 7.00. The van der Waals surface area contributed by atoms with Crippen molar-refractivity contribution in [3.63, 3.8) is 0 Å². The molecule has 0 fully saturated rings. The van der Waals surface area contributed by atoms with Crippen LogP contribution < -0.4 is 16.2 Å². The molecule has 5 N–H and O–H groups in total. The van der Waals surface area contributed by atoms with Crippen molar-refractivity contribution in [1.29, 1.82) is 0 Å². The zero-order valence-electron chi connectivity index (χ0n) is 10.1. The fourth-order valence-electron chi connectivity index (χ4n) is 1.63. The van der Waals surface area contributed by atoms with Gasteiger partial charge in [0.25, 0.3) is 0 Å². The topological polar surface area (TPSA) is 98.2 Å². The van der Waals surface area contributed by atoms with Crippen molar-refractivity contribution in [2.24, 2.45) is 5.14 Å². The monoisotopic (exact) mass is 375 g/mol. The summed E-state index contributed by atoms with van der Waals surface area (Å²) in [6.45, 7) is 0. The molecule has 0 bridgehead atoms. The quantitative estimate of drug-likeness (QED) is 0.717. The highest BCUT2D eigenvalue weighted by molar-refractivity contribution is 9.10. The standard InChI is InChI=1S/C12H11BrClN3O2S/c13-8-5-4-7(6-9(8)14)17-10-2-1-3-11(12(10)15)20(16,18)19/h1-6,17H,15H2,(H2,16,18,19). The van der Waals surface area contributed by atoms with Crippen molar-refractivity contribution in [3.05, 3.63) is 45.9 Å². The molecule has 0 aromatic heterocycles. The maximum Gasteiger partial charge on any atom is 0.240 e. The summed E-state index contributed by atoms with van der Waals surface area (Å²) in [5.74, 6) is 0. The lowest BCUT2D eigenvalue weighted by Crippen LogP contribution is -2.15. The highest BCUT2D eigenvalue weighted by Gasteiger charge is 2.14. The smallest absolute Gasteiger partial charge is 0.240 e. The van der Waals surface area contributed by atoms with Crippen LogP contribution >= 0.6 is 27.5 Å². The van der Waals surface area contributed by atoms with E-state index in [0.29, 0.717) is 16.4 Å². The molecule has 2 rings (SSSR count). The molecule has 20 heavy (non-hydrogen) atoms. The Kier molecular flexibility index (Phi) is 4.24. The maximum atomic E-state index is 11.4. The molecule has 0 saturated heterocycles. The van der Waals surface area contributed by atoms with Crippen molar-refractivity contribution in [3.8, 4) is 0 Å². The first kappa shape index (κ1) is 15.1. The average Bonchev–Trinajstić information content (AvgIpc) is 2.35. The van der Waals surface area contributed by atoms with Crippen LogP contribution in [0.4, 0.5) is 17.1 Å². The number of para-hydroxylation sites is 1. The van der Waals surface area contributed by atoms with Crippen molar-refractivity contribution >= 4 is 54.6 Å². The molecule has 0 aliphatic rings. The Hall–Kier alpha value is -1.28. The van der Waals surface area contributed by atoms with Crippen molar-refractivity contribution < 1.29 is 8.42 Å². The van der Waals surface area contributed by atoms with Gasteiger partial charge < -0.3 is 11.1 Å². The number of halogens is 2. The minimum absolute atomic E-state index is 0.0639. The molecule has 0 aliphatic heterocycles. The van der Waals surface area contributed by atoms with Gasteiger partial charge in [0.05, 0.1) is 16.4 Å². The summed E-state index contributed by atoms with van der Waals surface area (Å²) < 4.78 is 23.6. The molecular weight excluding hydrogens is 366 g/mol. The first-order valence-corrected chi connectivity index (χ1v) is 8.14. The fourth-order valence-corrected chi connectivity index (χ4v) is 2.74. The molecular formula is C12H11BrClN3O2S. The van der Waals surface area contributed by atoms with E-state index in [1.807, 2.05) is 0 Å². The van der Waals surface area contributed by atoms with Crippen LogP contribution in [0.3, 0.4) is 0 Å². The molecule has 0 unspecified atom stereocenters. The number of nitrogens with one attached hydrogen (secondary N) is 1. The van der Waals surface area contributed by atoms with Crippen molar-refractivity contribution in [2.75, 3.05) is 11.1 Å². The maximum absolute atomic E-state index is 11.4. The molecule has 2 aromatic carbocycles. The molecule has 0 heterocycles. The normalized spacial score (nSPS) is 11.3. The molecule has 8 heteroatoms. The molecule has 0 atom stereocenters. The number of sulfonamides is 1. The predicted molar refractivity (Wildman–Crippen MR) is 84.7 cm³/mol. The van der Waals surface area contributed by atoms with Gasteiger partial charge in [-0.05, 0) is 46.3 Å². The minimum atomic E-state index is -3.86. The minimum Gasteiger partial charge on any atom is -0.396 e. The van der Waals surface area contributed by atoms with Crippen molar-refractivity contribution in [1.82, 2.24) is 0 Å². The Labute approximate surface area is 130 Å². The summed E-state index contributed by atoms with van der Waals surface area (Å²) in [5, 5.41) is 8.63. The molecule has 5 nitrogen and oxygen atoms in total. The second-order valence-electron chi connectivity index (χ2n) is 4.02. The van der Waals surface area contributed by atoms with E-state index in [4.69, 9.17) is 22.5 Å². The molecule has 0 spiro atoms. The zero-order chi connectivity index (χ0) is 14.9. The third kappa shape index (κ3) is 3.24. The highest BCUT2D eigenvalue weighted by Crippen LogP contribution is 2.31. The lowest BCUT2D eigenvalue weighted by Gasteiger charge is -2.12.